The number of hydrogen-bond acceptors (Lipinski definition) is 5. The predicted molar refractivity (Wildman–Crippen MR) is 107 cm³/mol. The Morgan fingerprint density at radius 1 is 1.07 bits per heavy atom. The van der Waals surface area contributed by atoms with Gasteiger partial charge in [-0.3, -0.25) is 4.79 Å². The molecule has 5 nitrogen and oxygen atoms in total. The minimum Gasteiger partial charge on any atom is -0.493 e. The maximum atomic E-state index is 11.9. The molecule has 0 atom stereocenters. The number of carbonyl (C=O) groups excluding carboxylic acids is 1. The summed E-state index contributed by atoms with van der Waals surface area (Å²) in [6, 6.07) is 15.2. The number of rotatable bonds is 10. The molecule has 0 spiro atoms. The standard InChI is InChI=1S/C22H25ClO5/c1-2-26-21(24)14-22(15-25-16-22)17-7-9-19(10-8-17)27-11-4-12-28-20-6-3-5-18(23)13-20/h3,5-10,13H,2,4,11-12,14-16H2,1H3. The van der Waals surface area contributed by atoms with Crippen molar-refractivity contribution >= 4 is 17.6 Å². The molecule has 0 N–H and O–H groups in total. The highest BCUT2D eigenvalue weighted by Gasteiger charge is 2.42. The van der Waals surface area contributed by atoms with Crippen molar-refractivity contribution in [3.63, 3.8) is 0 Å². The van der Waals surface area contributed by atoms with Crippen LogP contribution in [0.4, 0.5) is 0 Å². The van der Waals surface area contributed by atoms with Crippen molar-refractivity contribution in [2.45, 2.75) is 25.2 Å². The normalized spacial score (nSPS) is 14.8. The van der Waals surface area contributed by atoms with E-state index in [0.29, 0.717) is 44.5 Å². The van der Waals surface area contributed by atoms with Gasteiger partial charge in [0.25, 0.3) is 0 Å². The fraction of sp³-hybridized carbons (Fsp3) is 0.409. The van der Waals surface area contributed by atoms with Crippen LogP contribution in [0.15, 0.2) is 48.5 Å². The van der Waals surface area contributed by atoms with Crippen molar-refractivity contribution in [3.05, 3.63) is 59.1 Å². The summed E-state index contributed by atoms with van der Waals surface area (Å²) >= 11 is 5.93. The zero-order chi connectivity index (χ0) is 19.8. The second-order valence-corrected chi connectivity index (χ2v) is 7.22. The summed E-state index contributed by atoms with van der Waals surface area (Å²) in [6.07, 6.45) is 1.09. The molecule has 0 amide bonds. The first-order valence-electron chi connectivity index (χ1n) is 9.46. The van der Waals surface area contributed by atoms with Crippen LogP contribution in [0.25, 0.3) is 0 Å². The molecule has 1 fully saturated rings. The summed E-state index contributed by atoms with van der Waals surface area (Å²) in [7, 11) is 0. The van der Waals surface area contributed by atoms with Crippen LogP contribution in [-0.2, 0) is 19.7 Å². The summed E-state index contributed by atoms with van der Waals surface area (Å²) < 4.78 is 21.9. The van der Waals surface area contributed by atoms with Gasteiger partial charge in [0.2, 0.25) is 0 Å². The molecule has 0 aromatic heterocycles. The first kappa shape index (κ1) is 20.5. The van der Waals surface area contributed by atoms with Crippen LogP contribution in [-0.4, -0.2) is 39.0 Å². The van der Waals surface area contributed by atoms with Gasteiger partial charge in [-0.25, -0.2) is 0 Å². The van der Waals surface area contributed by atoms with Gasteiger partial charge in [-0.1, -0.05) is 29.8 Å². The van der Waals surface area contributed by atoms with Crippen molar-refractivity contribution in [2.75, 3.05) is 33.0 Å². The molecule has 6 heteroatoms. The topological polar surface area (TPSA) is 54.0 Å². The highest BCUT2D eigenvalue weighted by molar-refractivity contribution is 6.30. The van der Waals surface area contributed by atoms with Gasteiger partial charge in [-0.05, 0) is 42.8 Å². The molecule has 0 saturated carbocycles. The maximum Gasteiger partial charge on any atom is 0.306 e. The van der Waals surface area contributed by atoms with Crippen LogP contribution >= 0.6 is 11.6 Å². The van der Waals surface area contributed by atoms with E-state index in [1.165, 1.54) is 0 Å². The average molecular weight is 405 g/mol. The van der Waals surface area contributed by atoms with Crippen molar-refractivity contribution in [3.8, 4) is 11.5 Å². The minimum absolute atomic E-state index is 0.189. The molecule has 150 valence electrons. The van der Waals surface area contributed by atoms with E-state index in [1.807, 2.05) is 49.4 Å². The Bertz CT molecular complexity index is 771. The van der Waals surface area contributed by atoms with Crippen molar-refractivity contribution in [1.82, 2.24) is 0 Å². The lowest BCUT2D eigenvalue weighted by atomic mass is 9.76. The molecule has 1 aliphatic heterocycles. The highest BCUT2D eigenvalue weighted by Crippen LogP contribution is 2.36. The fourth-order valence-electron chi connectivity index (χ4n) is 3.11. The van der Waals surface area contributed by atoms with Gasteiger partial charge >= 0.3 is 5.97 Å². The second kappa shape index (κ2) is 9.80. The zero-order valence-electron chi connectivity index (χ0n) is 16.0. The summed E-state index contributed by atoms with van der Waals surface area (Å²) in [5.41, 5.74) is 0.790. The van der Waals surface area contributed by atoms with Crippen LogP contribution in [0.1, 0.15) is 25.3 Å². The molecule has 2 aromatic rings. The van der Waals surface area contributed by atoms with Gasteiger partial charge in [0.05, 0.1) is 44.9 Å². The highest BCUT2D eigenvalue weighted by atomic mass is 35.5. The van der Waals surface area contributed by atoms with Crippen LogP contribution in [0.2, 0.25) is 5.02 Å². The molecule has 1 heterocycles. The molecular formula is C22H25ClO5. The lowest BCUT2D eigenvalue weighted by molar-refractivity contribution is -0.151. The quantitative estimate of drug-likeness (QED) is 0.433. The van der Waals surface area contributed by atoms with E-state index in [4.69, 9.17) is 30.5 Å². The first-order chi connectivity index (χ1) is 13.6. The van der Waals surface area contributed by atoms with E-state index in [-0.39, 0.29) is 11.4 Å². The summed E-state index contributed by atoms with van der Waals surface area (Å²) in [6.45, 7) is 4.38. The average Bonchev–Trinajstić information content (AvgIpc) is 2.65. The van der Waals surface area contributed by atoms with Gasteiger partial charge < -0.3 is 18.9 Å². The third kappa shape index (κ3) is 5.40. The third-order valence-corrected chi connectivity index (χ3v) is 4.87. The fourth-order valence-corrected chi connectivity index (χ4v) is 3.29. The lowest BCUT2D eigenvalue weighted by Crippen LogP contribution is -2.48. The van der Waals surface area contributed by atoms with Crippen LogP contribution in [0.3, 0.4) is 0 Å². The number of carbonyl (C=O) groups is 1. The number of esters is 1. The Morgan fingerprint density at radius 2 is 1.79 bits per heavy atom. The second-order valence-electron chi connectivity index (χ2n) is 6.79. The van der Waals surface area contributed by atoms with Crippen molar-refractivity contribution in [2.24, 2.45) is 0 Å². The Hall–Kier alpha value is -2.24. The predicted octanol–water partition coefficient (Wildman–Crippen LogP) is 4.41. The summed E-state index contributed by atoms with van der Waals surface area (Å²) in [5.74, 6) is 1.36. The molecular weight excluding hydrogens is 380 g/mol. The molecule has 0 aliphatic carbocycles. The van der Waals surface area contributed by atoms with Crippen molar-refractivity contribution in [1.29, 1.82) is 0 Å². The molecule has 0 unspecified atom stereocenters. The Labute approximate surface area is 170 Å². The van der Waals surface area contributed by atoms with E-state index in [1.54, 1.807) is 6.07 Å². The van der Waals surface area contributed by atoms with Crippen LogP contribution < -0.4 is 9.47 Å². The van der Waals surface area contributed by atoms with E-state index in [9.17, 15) is 4.79 Å². The van der Waals surface area contributed by atoms with Gasteiger partial charge in [-0.15, -0.1) is 0 Å². The van der Waals surface area contributed by atoms with Gasteiger partial charge in [0.15, 0.2) is 0 Å². The number of ether oxygens (including phenoxy) is 4. The maximum absolute atomic E-state index is 11.9. The first-order valence-corrected chi connectivity index (χ1v) is 9.84. The zero-order valence-corrected chi connectivity index (χ0v) is 16.7. The van der Waals surface area contributed by atoms with Gasteiger partial charge in [0, 0.05) is 11.4 Å². The molecule has 0 radical (unpaired) electrons. The Morgan fingerprint density at radius 3 is 2.39 bits per heavy atom. The molecule has 28 heavy (non-hydrogen) atoms. The SMILES string of the molecule is CCOC(=O)CC1(c2ccc(OCCCOc3cccc(Cl)c3)cc2)COC1. The monoisotopic (exact) mass is 404 g/mol. The van der Waals surface area contributed by atoms with E-state index < -0.39 is 0 Å². The Kier molecular flexibility index (Phi) is 7.18. The molecule has 2 aromatic carbocycles. The molecule has 1 aliphatic rings. The van der Waals surface area contributed by atoms with Gasteiger partial charge in [0.1, 0.15) is 11.5 Å². The minimum atomic E-state index is -0.282. The van der Waals surface area contributed by atoms with E-state index in [0.717, 1.165) is 23.5 Å². The third-order valence-electron chi connectivity index (χ3n) is 4.63. The number of halogens is 1. The summed E-state index contributed by atoms with van der Waals surface area (Å²) in [5, 5.41) is 0.659. The molecule has 0 bridgehead atoms. The molecule has 3 rings (SSSR count). The van der Waals surface area contributed by atoms with Crippen LogP contribution in [0, 0.1) is 0 Å². The number of hydrogen-bond donors (Lipinski definition) is 0. The largest absolute Gasteiger partial charge is 0.493 e. The number of benzene rings is 2. The lowest BCUT2D eigenvalue weighted by Gasteiger charge is -2.41. The Balaban J connectivity index is 1.44. The van der Waals surface area contributed by atoms with Crippen molar-refractivity contribution < 1.29 is 23.7 Å². The smallest absolute Gasteiger partial charge is 0.306 e. The van der Waals surface area contributed by atoms with Crippen LogP contribution in [0.5, 0.6) is 11.5 Å². The summed E-state index contributed by atoms with van der Waals surface area (Å²) in [4.78, 5) is 11.9. The molecule has 1 saturated heterocycles. The van der Waals surface area contributed by atoms with E-state index in [2.05, 4.69) is 0 Å². The van der Waals surface area contributed by atoms with Gasteiger partial charge in [-0.2, -0.15) is 0 Å². The van der Waals surface area contributed by atoms with E-state index >= 15 is 0 Å².